The topological polar surface area (TPSA) is 75.8 Å². The SMILES string of the molecule is O=[N+]([O-])c1ccc(C=Cc2ccc(N3CCC(OCCCCCCO)CC3)cc2)cc1. The molecule has 3 rings (SSSR count). The maximum absolute atomic E-state index is 10.7. The molecule has 31 heavy (non-hydrogen) atoms. The van der Waals surface area contributed by atoms with Crippen LogP contribution in [0.5, 0.6) is 0 Å². The summed E-state index contributed by atoms with van der Waals surface area (Å²) in [6.07, 6.45) is 10.6. The number of non-ortho nitro benzene ring substituents is 1. The molecular weight excluding hydrogens is 392 g/mol. The Labute approximate surface area is 184 Å². The first-order chi connectivity index (χ1) is 15.2. The minimum atomic E-state index is -0.387. The molecule has 1 fully saturated rings. The van der Waals surface area contributed by atoms with Crippen LogP contribution in [0.15, 0.2) is 48.5 Å². The lowest BCUT2D eigenvalue weighted by Gasteiger charge is -2.33. The average Bonchev–Trinajstić information content (AvgIpc) is 2.81. The highest BCUT2D eigenvalue weighted by atomic mass is 16.6. The second-order valence-electron chi connectivity index (χ2n) is 7.97. The molecule has 1 aliphatic rings. The third kappa shape index (κ3) is 7.49. The van der Waals surface area contributed by atoms with E-state index in [1.807, 2.05) is 12.2 Å². The summed E-state index contributed by atoms with van der Waals surface area (Å²) in [7, 11) is 0. The van der Waals surface area contributed by atoms with Gasteiger partial charge in [-0.25, -0.2) is 0 Å². The van der Waals surface area contributed by atoms with Gasteiger partial charge in [-0.3, -0.25) is 10.1 Å². The quantitative estimate of drug-likeness (QED) is 0.229. The lowest BCUT2D eigenvalue weighted by molar-refractivity contribution is -0.384. The highest BCUT2D eigenvalue weighted by Gasteiger charge is 2.19. The third-order valence-electron chi connectivity index (χ3n) is 5.68. The number of aliphatic hydroxyl groups is 1. The first-order valence-corrected chi connectivity index (χ1v) is 11.2. The molecular formula is C25H32N2O4. The molecule has 0 unspecified atom stereocenters. The summed E-state index contributed by atoms with van der Waals surface area (Å²) < 4.78 is 6.03. The van der Waals surface area contributed by atoms with Gasteiger partial charge in [-0.05, 0) is 61.1 Å². The van der Waals surface area contributed by atoms with E-state index < -0.39 is 0 Å². The number of aliphatic hydroxyl groups excluding tert-OH is 1. The molecule has 0 radical (unpaired) electrons. The maximum atomic E-state index is 10.7. The van der Waals surface area contributed by atoms with Gasteiger partial charge < -0.3 is 14.7 Å². The van der Waals surface area contributed by atoms with E-state index in [0.29, 0.717) is 6.10 Å². The van der Waals surface area contributed by atoms with Crippen LogP contribution in [0.25, 0.3) is 12.2 Å². The lowest BCUT2D eigenvalue weighted by Crippen LogP contribution is -2.37. The standard InChI is InChI=1S/C25H32N2O4/c28-19-3-1-2-4-20-31-25-15-17-26(18-16-25)23-11-7-21(8-12-23)5-6-22-9-13-24(14-10-22)27(29)30/h5-14,25,28H,1-4,15-20H2. The molecule has 6 heteroatoms. The Balaban J connectivity index is 1.42. The Morgan fingerprint density at radius 3 is 2.10 bits per heavy atom. The Bertz CT molecular complexity index is 826. The van der Waals surface area contributed by atoms with E-state index in [1.165, 1.54) is 17.8 Å². The van der Waals surface area contributed by atoms with E-state index in [1.54, 1.807) is 12.1 Å². The van der Waals surface area contributed by atoms with Gasteiger partial charge in [0.15, 0.2) is 0 Å². The van der Waals surface area contributed by atoms with Gasteiger partial charge in [0.05, 0.1) is 11.0 Å². The van der Waals surface area contributed by atoms with Gasteiger partial charge in [0.2, 0.25) is 0 Å². The summed E-state index contributed by atoms with van der Waals surface area (Å²) in [6.45, 7) is 3.13. The van der Waals surface area contributed by atoms with Crippen molar-refractivity contribution in [2.45, 2.75) is 44.6 Å². The summed E-state index contributed by atoms with van der Waals surface area (Å²) in [6, 6.07) is 15.1. The van der Waals surface area contributed by atoms with Gasteiger partial charge in [-0.2, -0.15) is 0 Å². The lowest BCUT2D eigenvalue weighted by atomic mass is 10.1. The molecule has 2 aromatic rings. The Morgan fingerprint density at radius 2 is 1.52 bits per heavy atom. The second kappa shape index (κ2) is 12.2. The van der Waals surface area contributed by atoms with Crippen molar-refractivity contribution >= 4 is 23.5 Å². The Hall–Kier alpha value is -2.70. The highest BCUT2D eigenvalue weighted by molar-refractivity contribution is 5.71. The molecule has 0 aliphatic carbocycles. The van der Waals surface area contributed by atoms with Crippen LogP contribution in [0.1, 0.15) is 49.7 Å². The molecule has 0 spiro atoms. The first kappa shape index (κ1) is 23.0. The fourth-order valence-corrected chi connectivity index (χ4v) is 3.79. The number of hydrogen-bond donors (Lipinski definition) is 1. The molecule has 1 aliphatic heterocycles. The van der Waals surface area contributed by atoms with Crippen molar-refractivity contribution in [2.75, 3.05) is 31.2 Å². The van der Waals surface area contributed by atoms with E-state index in [9.17, 15) is 10.1 Å². The summed E-state index contributed by atoms with van der Waals surface area (Å²) in [5.74, 6) is 0. The zero-order chi connectivity index (χ0) is 21.9. The number of ether oxygens (including phenoxy) is 1. The normalized spacial score (nSPS) is 14.9. The molecule has 0 atom stereocenters. The molecule has 0 aromatic heterocycles. The fraction of sp³-hybridized carbons (Fsp3) is 0.440. The first-order valence-electron chi connectivity index (χ1n) is 11.2. The van der Waals surface area contributed by atoms with Crippen molar-refractivity contribution in [3.63, 3.8) is 0 Å². The molecule has 0 amide bonds. The van der Waals surface area contributed by atoms with Gasteiger partial charge in [-0.15, -0.1) is 0 Å². The zero-order valence-electron chi connectivity index (χ0n) is 18.0. The van der Waals surface area contributed by atoms with Crippen LogP contribution in [0.2, 0.25) is 0 Å². The van der Waals surface area contributed by atoms with Crippen molar-refractivity contribution in [3.8, 4) is 0 Å². The van der Waals surface area contributed by atoms with Crippen LogP contribution in [-0.4, -0.2) is 42.4 Å². The molecule has 1 N–H and O–H groups in total. The third-order valence-corrected chi connectivity index (χ3v) is 5.68. The predicted octanol–water partition coefficient (Wildman–Crippen LogP) is 5.30. The van der Waals surface area contributed by atoms with Crippen molar-refractivity contribution in [1.82, 2.24) is 0 Å². The van der Waals surface area contributed by atoms with E-state index in [2.05, 4.69) is 29.2 Å². The maximum Gasteiger partial charge on any atom is 0.269 e. The van der Waals surface area contributed by atoms with Gasteiger partial charge in [0, 0.05) is 44.1 Å². The number of nitro groups is 1. The minimum absolute atomic E-state index is 0.105. The smallest absolute Gasteiger partial charge is 0.269 e. The second-order valence-corrected chi connectivity index (χ2v) is 7.97. The minimum Gasteiger partial charge on any atom is -0.396 e. The number of hydrogen-bond acceptors (Lipinski definition) is 5. The van der Waals surface area contributed by atoms with E-state index in [4.69, 9.17) is 9.84 Å². The molecule has 166 valence electrons. The number of nitro benzene ring substituents is 1. The van der Waals surface area contributed by atoms with Gasteiger partial charge >= 0.3 is 0 Å². The summed E-state index contributed by atoms with van der Waals surface area (Å²) in [5.41, 5.74) is 3.37. The summed E-state index contributed by atoms with van der Waals surface area (Å²) in [5, 5.41) is 19.5. The molecule has 0 bridgehead atoms. The predicted molar refractivity (Wildman–Crippen MR) is 125 cm³/mol. The summed E-state index contributed by atoms with van der Waals surface area (Å²) >= 11 is 0. The van der Waals surface area contributed by atoms with E-state index in [0.717, 1.165) is 69.3 Å². The van der Waals surface area contributed by atoms with E-state index in [-0.39, 0.29) is 17.2 Å². The number of nitrogens with zero attached hydrogens (tertiary/aromatic N) is 2. The van der Waals surface area contributed by atoms with Crippen LogP contribution in [-0.2, 0) is 4.74 Å². The van der Waals surface area contributed by atoms with Crippen LogP contribution in [0.4, 0.5) is 11.4 Å². The molecule has 1 saturated heterocycles. The molecule has 2 aromatic carbocycles. The average molecular weight is 425 g/mol. The van der Waals surface area contributed by atoms with Gasteiger partial charge in [0.25, 0.3) is 5.69 Å². The monoisotopic (exact) mass is 424 g/mol. The number of piperidine rings is 1. The van der Waals surface area contributed by atoms with Crippen molar-refractivity contribution < 1.29 is 14.8 Å². The number of benzene rings is 2. The zero-order valence-corrected chi connectivity index (χ0v) is 18.0. The van der Waals surface area contributed by atoms with Crippen LogP contribution in [0, 0.1) is 10.1 Å². The van der Waals surface area contributed by atoms with Gasteiger partial charge in [0.1, 0.15) is 0 Å². The fourth-order valence-electron chi connectivity index (χ4n) is 3.79. The highest BCUT2D eigenvalue weighted by Crippen LogP contribution is 2.23. The number of rotatable bonds is 11. The van der Waals surface area contributed by atoms with Crippen LogP contribution in [0.3, 0.4) is 0 Å². The van der Waals surface area contributed by atoms with Crippen molar-refractivity contribution in [1.29, 1.82) is 0 Å². The number of unbranched alkanes of at least 4 members (excludes halogenated alkanes) is 3. The Kier molecular flexibility index (Phi) is 9.06. The van der Waals surface area contributed by atoms with Crippen LogP contribution >= 0.6 is 0 Å². The number of anilines is 1. The molecule has 1 heterocycles. The molecule has 0 saturated carbocycles. The largest absolute Gasteiger partial charge is 0.396 e. The Morgan fingerprint density at radius 1 is 0.935 bits per heavy atom. The van der Waals surface area contributed by atoms with Crippen molar-refractivity contribution in [3.05, 3.63) is 69.8 Å². The summed E-state index contributed by atoms with van der Waals surface area (Å²) in [4.78, 5) is 12.8. The van der Waals surface area contributed by atoms with Gasteiger partial charge in [-0.1, -0.05) is 37.1 Å². The van der Waals surface area contributed by atoms with Crippen LogP contribution < -0.4 is 4.90 Å². The van der Waals surface area contributed by atoms with E-state index >= 15 is 0 Å². The van der Waals surface area contributed by atoms with Crippen molar-refractivity contribution in [2.24, 2.45) is 0 Å². The molecule has 6 nitrogen and oxygen atoms in total.